The van der Waals surface area contributed by atoms with Crippen LogP contribution in [0.4, 0.5) is 5.69 Å². The topological polar surface area (TPSA) is 59.0 Å². The normalized spacial score (nSPS) is 14.2. The Balaban J connectivity index is 1.38. The molecule has 0 aliphatic heterocycles. The maximum atomic E-state index is 12.5. The molecule has 0 bridgehead atoms. The van der Waals surface area contributed by atoms with Crippen molar-refractivity contribution in [3.8, 4) is 5.69 Å². The van der Waals surface area contributed by atoms with Gasteiger partial charge in [-0.1, -0.05) is 30.3 Å². The minimum Gasteiger partial charge on any atom is -0.374 e. The minimum atomic E-state index is -0.0273. The van der Waals surface area contributed by atoms with Crippen molar-refractivity contribution in [2.24, 2.45) is 0 Å². The molecule has 1 aliphatic carbocycles. The Labute approximate surface area is 165 Å². The molecule has 2 N–H and O–H groups in total. The van der Waals surface area contributed by atoms with E-state index < -0.39 is 0 Å². The van der Waals surface area contributed by atoms with Gasteiger partial charge in [0.2, 0.25) is 5.91 Å². The highest BCUT2D eigenvalue weighted by Crippen LogP contribution is 2.25. The van der Waals surface area contributed by atoms with Crippen molar-refractivity contribution in [3.63, 3.8) is 0 Å². The highest BCUT2D eigenvalue weighted by atomic mass is 16.1. The van der Waals surface area contributed by atoms with Gasteiger partial charge in [0.1, 0.15) is 0 Å². The lowest BCUT2D eigenvalue weighted by atomic mass is 9.89. The molecule has 28 heavy (non-hydrogen) atoms. The molecule has 2 aromatic carbocycles. The van der Waals surface area contributed by atoms with E-state index in [-0.39, 0.29) is 18.5 Å². The monoisotopic (exact) mass is 374 g/mol. The first-order valence-electron chi connectivity index (χ1n) is 9.95. The number of nitrogens with one attached hydrogen (secondary N) is 2. The first-order valence-corrected chi connectivity index (χ1v) is 9.95. The number of nitrogens with zero attached hydrogens (tertiary/aromatic N) is 2. The van der Waals surface area contributed by atoms with E-state index in [0.29, 0.717) is 0 Å². The summed E-state index contributed by atoms with van der Waals surface area (Å²) in [4.78, 5) is 12.5. The summed E-state index contributed by atoms with van der Waals surface area (Å²) in [6.07, 6.45) is 8.50. The van der Waals surface area contributed by atoms with Crippen molar-refractivity contribution >= 4 is 11.6 Å². The van der Waals surface area contributed by atoms with Gasteiger partial charge >= 0.3 is 0 Å². The van der Waals surface area contributed by atoms with Crippen LogP contribution in [0.25, 0.3) is 5.69 Å². The summed E-state index contributed by atoms with van der Waals surface area (Å²) in [6.45, 7) is 2.26. The van der Waals surface area contributed by atoms with E-state index in [4.69, 9.17) is 0 Å². The van der Waals surface area contributed by atoms with Crippen molar-refractivity contribution in [2.75, 3.05) is 11.9 Å². The SMILES string of the molecule is CC(NC(=O)CNc1ccccc1-n1cccn1)c1ccc2c(c1)CCCC2. The van der Waals surface area contributed by atoms with E-state index in [1.165, 1.54) is 36.0 Å². The average molecular weight is 374 g/mol. The summed E-state index contributed by atoms with van der Waals surface area (Å²) in [5, 5.41) is 10.6. The summed E-state index contributed by atoms with van der Waals surface area (Å²) in [5.41, 5.74) is 5.87. The van der Waals surface area contributed by atoms with Crippen LogP contribution in [-0.2, 0) is 17.6 Å². The number of aromatic nitrogens is 2. The van der Waals surface area contributed by atoms with Crippen molar-refractivity contribution in [1.29, 1.82) is 0 Å². The molecule has 3 aromatic rings. The Bertz CT molecular complexity index is 949. The molecule has 1 aromatic heterocycles. The zero-order chi connectivity index (χ0) is 19.3. The average Bonchev–Trinajstić information content (AvgIpc) is 3.27. The molecule has 1 unspecified atom stereocenters. The number of carbonyl (C=O) groups is 1. The fourth-order valence-corrected chi connectivity index (χ4v) is 3.81. The second kappa shape index (κ2) is 8.30. The minimum absolute atomic E-state index is 0.0112. The lowest BCUT2D eigenvalue weighted by Gasteiger charge is -2.20. The van der Waals surface area contributed by atoms with E-state index >= 15 is 0 Å². The van der Waals surface area contributed by atoms with Crippen LogP contribution in [0.3, 0.4) is 0 Å². The van der Waals surface area contributed by atoms with Gasteiger partial charge in [-0.2, -0.15) is 5.10 Å². The molecule has 5 heteroatoms. The number of fused-ring (bicyclic) bond motifs is 1. The Morgan fingerprint density at radius 2 is 1.93 bits per heavy atom. The molecule has 5 nitrogen and oxygen atoms in total. The molecule has 0 saturated heterocycles. The van der Waals surface area contributed by atoms with Crippen molar-refractivity contribution < 1.29 is 4.79 Å². The van der Waals surface area contributed by atoms with Crippen molar-refractivity contribution in [3.05, 3.63) is 77.6 Å². The highest BCUT2D eigenvalue weighted by Gasteiger charge is 2.14. The first kappa shape index (κ1) is 18.3. The quantitative estimate of drug-likeness (QED) is 0.685. The van der Waals surface area contributed by atoms with Gasteiger partial charge in [0, 0.05) is 12.4 Å². The number of hydrogen-bond acceptors (Lipinski definition) is 3. The van der Waals surface area contributed by atoms with E-state index in [9.17, 15) is 4.79 Å². The predicted octanol–water partition coefficient (Wildman–Crippen LogP) is 4.04. The molecule has 0 spiro atoms. The molecule has 1 amide bonds. The van der Waals surface area contributed by atoms with Crippen LogP contribution in [0.1, 0.15) is 42.5 Å². The molecular formula is C23H26N4O. The van der Waals surface area contributed by atoms with E-state index in [1.54, 1.807) is 10.9 Å². The number of benzene rings is 2. The van der Waals surface area contributed by atoms with E-state index in [2.05, 4.69) is 33.9 Å². The van der Waals surface area contributed by atoms with Crippen LogP contribution in [0.2, 0.25) is 0 Å². The van der Waals surface area contributed by atoms with Crippen molar-refractivity contribution in [2.45, 2.75) is 38.6 Å². The largest absolute Gasteiger partial charge is 0.374 e. The van der Waals surface area contributed by atoms with Crippen LogP contribution in [0.15, 0.2) is 60.9 Å². The second-order valence-electron chi connectivity index (χ2n) is 7.35. The van der Waals surface area contributed by atoms with Gasteiger partial charge in [-0.15, -0.1) is 0 Å². The smallest absolute Gasteiger partial charge is 0.239 e. The zero-order valence-corrected chi connectivity index (χ0v) is 16.2. The Morgan fingerprint density at radius 1 is 1.11 bits per heavy atom. The van der Waals surface area contributed by atoms with E-state index in [1.807, 2.05) is 43.5 Å². The molecule has 0 saturated carbocycles. The molecule has 144 valence electrons. The number of carbonyl (C=O) groups excluding carboxylic acids is 1. The van der Waals surface area contributed by atoms with Crippen LogP contribution in [0.5, 0.6) is 0 Å². The highest BCUT2D eigenvalue weighted by molar-refractivity contribution is 5.82. The fraction of sp³-hybridized carbons (Fsp3) is 0.304. The first-order chi connectivity index (χ1) is 13.7. The zero-order valence-electron chi connectivity index (χ0n) is 16.2. The third kappa shape index (κ3) is 4.09. The van der Waals surface area contributed by atoms with Crippen LogP contribution >= 0.6 is 0 Å². The van der Waals surface area contributed by atoms with Gasteiger partial charge in [-0.05, 0) is 67.5 Å². The summed E-state index contributed by atoms with van der Waals surface area (Å²) in [5.74, 6) is -0.0273. The van der Waals surface area contributed by atoms with Crippen molar-refractivity contribution in [1.82, 2.24) is 15.1 Å². The van der Waals surface area contributed by atoms with Crippen LogP contribution in [0, 0.1) is 0 Å². The van der Waals surface area contributed by atoms with Gasteiger partial charge in [0.15, 0.2) is 0 Å². The second-order valence-corrected chi connectivity index (χ2v) is 7.35. The summed E-state index contributed by atoms with van der Waals surface area (Å²) in [7, 11) is 0. The lowest BCUT2D eigenvalue weighted by Crippen LogP contribution is -2.32. The number of aryl methyl sites for hydroxylation is 2. The molecule has 1 aliphatic rings. The van der Waals surface area contributed by atoms with Gasteiger partial charge in [0.05, 0.1) is 24.0 Å². The molecular weight excluding hydrogens is 348 g/mol. The predicted molar refractivity (Wildman–Crippen MR) is 112 cm³/mol. The van der Waals surface area contributed by atoms with Gasteiger partial charge in [0.25, 0.3) is 0 Å². The summed E-state index contributed by atoms with van der Waals surface area (Å²) in [6, 6.07) is 16.3. The standard InChI is InChI=1S/C23H26N4O/c1-17(19-12-11-18-7-2-3-8-20(18)15-19)26-23(28)16-24-21-9-4-5-10-22(21)27-14-6-13-25-27/h4-6,9-15,17,24H,2-3,7-8,16H2,1H3,(H,26,28). The number of rotatable bonds is 6. The van der Waals surface area contributed by atoms with Crippen LogP contribution < -0.4 is 10.6 Å². The van der Waals surface area contributed by atoms with Crippen LogP contribution in [-0.4, -0.2) is 22.2 Å². The Hall–Kier alpha value is -3.08. The third-order valence-corrected chi connectivity index (χ3v) is 5.34. The lowest BCUT2D eigenvalue weighted by molar-refractivity contribution is -0.120. The van der Waals surface area contributed by atoms with Gasteiger partial charge in [-0.3, -0.25) is 4.79 Å². The Kier molecular flexibility index (Phi) is 5.42. The third-order valence-electron chi connectivity index (χ3n) is 5.34. The Morgan fingerprint density at radius 3 is 2.75 bits per heavy atom. The van der Waals surface area contributed by atoms with Gasteiger partial charge in [-0.25, -0.2) is 4.68 Å². The molecule has 0 radical (unpaired) electrons. The molecule has 1 heterocycles. The fourth-order valence-electron chi connectivity index (χ4n) is 3.81. The molecule has 0 fully saturated rings. The maximum Gasteiger partial charge on any atom is 0.239 e. The maximum absolute atomic E-state index is 12.5. The summed E-state index contributed by atoms with van der Waals surface area (Å²) < 4.78 is 1.79. The summed E-state index contributed by atoms with van der Waals surface area (Å²) >= 11 is 0. The van der Waals surface area contributed by atoms with E-state index in [0.717, 1.165) is 17.8 Å². The number of anilines is 1. The number of hydrogen-bond donors (Lipinski definition) is 2. The molecule has 4 rings (SSSR count). The number of para-hydroxylation sites is 2. The number of amides is 1. The van der Waals surface area contributed by atoms with Gasteiger partial charge < -0.3 is 10.6 Å². The molecule has 1 atom stereocenters.